The molecule has 0 radical (unpaired) electrons. The van der Waals surface area contributed by atoms with Crippen LogP contribution in [0, 0.1) is 0 Å². The lowest BCUT2D eigenvalue weighted by Crippen LogP contribution is -2.31. The van der Waals surface area contributed by atoms with E-state index >= 15 is 0 Å². The summed E-state index contributed by atoms with van der Waals surface area (Å²) in [5.41, 5.74) is 2.81. The Hall–Kier alpha value is -4.03. The molecule has 1 aliphatic heterocycles. The third-order valence-corrected chi connectivity index (χ3v) is 7.21. The van der Waals surface area contributed by atoms with Crippen LogP contribution in [0.2, 0.25) is 0 Å². The Bertz CT molecular complexity index is 1340. The highest BCUT2D eigenvalue weighted by molar-refractivity contribution is 7.99. The molecule has 4 rings (SSSR count). The maximum absolute atomic E-state index is 12.4. The van der Waals surface area contributed by atoms with Gasteiger partial charge in [-0.1, -0.05) is 12.1 Å². The number of anilines is 3. The van der Waals surface area contributed by atoms with Crippen molar-refractivity contribution in [3.63, 3.8) is 0 Å². The quantitative estimate of drug-likeness (QED) is 0.307. The van der Waals surface area contributed by atoms with Crippen molar-refractivity contribution in [2.24, 2.45) is 0 Å². The molecule has 5 amide bonds. The van der Waals surface area contributed by atoms with Gasteiger partial charge in [0, 0.05) is 42.4 Å². The van der Waals surface area contributed by atoms with E-state index in [1.54, 1.807) is 48.5 Å². The van der Waals surface area contributed by atoms with Crippen LogP contribution in [-0.2, 0) is 20.1 Å². The zero-order valence-corrected chi connectivity index (χ0v) is 22.1. The fourth-order valence-electron chi connectivity index (χ4n) is 3.74. The molecule has 3 aromatic rings. The lowest BCUT2D eigenvalue weighted by Gasteiger charge is -2.13. The number of benzene rings is 2. The number of thiazole rings is 1. The zero-order chi connectivity index (χ0) is 27.1. The minimum absolute atomic E-state index is 0.142. The van der Waals surface area contributed by atoms with E-state index in [4.69, 9.17) is 0 Å². The number of carbonyl (C=O) groups excluding carboxylic acids is 5. The highest BCUT2D eigenvalue weighted by atomic mass is 32.2. The molecule has 0 unspecified atom stereocenters. The Morgan fingerprint density at radius 1 is 0.895 bits per heavy atom. The van der Waals surface area contributed by atoms with Gasteiger partial charge in [-0.2, -0.15) is 0 Å². The number of thioether (sulfide) groups is 1. The van der Waals surface area contributed by atoms with Crippen molar-refractivity contribution in [3.05, 3.63) is 70.7 Å². The third-order valence-electron chi connectivity index (χ3n) is 5.43. The molecule has 1 aromatic heterocycles. The first-order valence-corrected chi connectivity index (χ1v) is 13.8. The van der Waals surface area contributed by atoms with Gasteiger partial charge in [-0.05, 0) is 42.8 Å². The molecule has 0 aliphatic carbocycles. The van der Waals surface area contributed by atoms with Crippen molar-refractivity contribution in [2.75, 3.05) is 28.2 Å². The normalized spacial score (nSPS) is 12.3. The predicted octanol–water partition coefficient (Wildman–Crippen LogP) is 3.99. The van der Waals surface area contributed by atoms with Crippen molar-refractivity contribution < 1.29 is 24.0 Å². The summed E-state index contributed by atoms with van der Waals surface area (Å²) >= 11 is 2.68. The molecule has 3 N–H and O–H groups in total. The minimum atomic E-state index is -0.332. The van der Waals surface area contributed by atoms with Crippen LogP contribution in [0.15, 0.2) is 53.9 Å². The SMILES string of the molecule is CC(=O)Nc1ccc(NC(=O)CSCc2csc(NC(=O)CCCN3C(=O)c4ccccc4C3=O)n2)cc1. The second kappa shape index (κ2) is 12.5. The minimum Gasteiger partial charge on any atom is -0.326 e. The van der Waals surface area contributed by atoms with E-state index in [9.17, 15) is 24.0 Å². The lowest BCUT2D eigenvalue weighted by molar-refractivity contribution is -0.116. The van der Waals surface area contributed by atoms with E-state index in [0.29, 0.717) is 39.8 Å². The molecule has 196 valence electrons. The first kappa shape index (κ1) is 27.0. The smallest absolute Gasteiger partial charge is 0.261 e. The van der Waals surface area contributed by atoms with Gasteiger partial charge < -0.3 is 16.0 Å². The van der Waals surface area contributed by atoms with Crippen molar-refractivity contribution in [2.45, 2.75) is 25.5 Å². The van der Waals surface area contributed by atoms with Gasteiger partial charge in [0.25, 0.3) is 11.8 Å². The molecule has 1 aliphatic rings. The number of fused-ring (bicyclic) bond motifs is 1. The number of aromatic nitrogens is 1. The zero-order valence-electron chi connectivity index (χ0n) is 20.5. The second-order valence-electron chi connectivity index (χ2n) is 8.40. The van der Waals surface area contributed by atoms with Crippen LogP contribution < -0.4 is 16.0 Å². The van der Waals surface area contributed by atoms with Gasteiger partial charge in [0.05, 0.1) is 22.6 Å². The Labute approximate surface area is 227 Å². The third kappa shape index (κ3) is 7.05. The highest BCUT2D eigenvalue weighted by Crippen LogP contribution is 2.23. The number of nitrogens with one attached hydrogen (secondary N) is 3. The van der Waals surface area contributed by atoms with Gasteiger partial charge in [0.1, 0.15) is 0 Å². The van der Waals surface area contributed by atoms with Crippen LogP contribution in [0.3, 0.4) is 0 Å². The number of hydrogen-bond acceptors (Lipinski definition) is 8. The topological polar surface area (TPSA) is 138 Å². The summed E-state index contributed by atoms with van der Waals surface area (Å²) in [7, 11) is 0. The van der Waals surface area contributed by atoms with Gasteiger partial charge in [-0.25, -0.2) is 4.98 Å². The Morgan fingerprint density at radius 2 is 1.53 bits per heavy atom. The largest absolute Gasteiger partial charge is 0.326 e. The number of hydrogen-bond donors (Lipinski definition) is 3. The summed E-state index contributed by atoms with van der Waals surface area (Å²) in [5.74, 6) is -0.514. The maximum Gasteiger partial charge on any atom is 0.261 e. The van der Waals surface area contributed by atoms with Crippen LogP contribution in [0.5, 0.6) is 0 Å². The van der Waals surface area contributed by atoms with Crippen molar-refractivity contribution in [1.82, 2.24) is 9.88 Å². The van der Waals surface area contributed by atoms with Crippen molar-refractivity contribution >= 4 is 69.1 Å². The number of carbonyl (C=O) groups is 5. The Kier molecular flexibility index (Phi) is 8.87. The molecule has 38 heavy (non-hydrogen) atoms. The standard InChI is InChI=1S/C26H25N5O5S2/c1-16(32)27-17-8-10-18(11-9-17)28-23(34)15-37-13-19-14-38-26(29-19)30-22(33)7-4-12-31-24(35)20-5-2-3-6-21(20)25(31)36/h2-3,5-6,8-11,14H,4,7,12-13,15H2,1H3,(H,27,32)(H,28,34)(H,29,30,33). The van der Waals surface area contributed by atoms with E-state index in [1.165, 1.54) is 34.9 Å². The average molecular weight is 552 g/mol. The molecule has 0 fully saturated rings. The van der Waals surface area contributed by atoms with Gasteiger partial charge in [0.2, 0.25) is 17.7 Å². The van der Waals surface area contributed by atoms with Crippen LogP contribution in [0.1, 0.15) is 46.2 Å². The van der Waals surface area contributed by atoms with Crippen molar-refractivity contribution in [1.29, 1.82) is 0 Å². The summed E-state index contributed by atoms with van der Waals surface area (Å²) in [4.78, 5) is 65.9. The first-order chi connectivity index (χ1) is 18.3. The molecule has 2 heterocycles. The summed E-state index contributed by atoms with van der Waals surface area (Å²) in [5, 5.41) is 10.5. The number of imide groups is 1. The molecule has 0 atom stereocenters. The molecule has 2 aromatic carbocycles. The average Bonchev–Trinajstić information content (AvgIpc) is 3.42. The van der Waals surface area contributed by atoms with Gasteiger partial charge in [-0.3, -0.25) is 28.9 Å². The molecular weight excluding hydrogens is 526 g/mol. The Balaban J connectivity index is 1.14. The van der Waals surface area contributed by atoms with E-state index < -0.39 is 0 Å². The summed E-state index contributed by atoms with van der Waals surface area (Å²) in [6.07, 6.45) is 0.486. The maximum atomic E-state index is 12.4. The van der Waals surface area contributed by atoms with E-state index in [0.717, 1.165) is 5.69 Å². The van der Waals surface area contributed by atoms with Gasteiger partial charge in [0.15, 0.2) is 5.13 Å². The molecule has 0 saturated heterocycles. The molecular formula is C26H25N5O5S2. The van der Waals surface area contributed by atoms with E-state index in [-0.39, 0.29) is 48.3 Å². The first-order valence-electron chi connectivity index (χ1n) is 11.7. The highest BCUT2D eigenvalue weighted by Gasteiger charge is 2.34. The summed E-state index contributed by atoms with van der Waals surface area (Å²) in [6, 6.07) is 13.5. The van der Waals surface area contributed by atoms with Gasteiger partial charge in [-0.15, -0.1) is 23.1 Å². The Morgan fingerprint density at radius 3 is 2.16 bits per heavy atom. The molecule has 0 spiro atoms. The fourth-order valence-corrected chi connectivity index (χ4v) is 5.29. The van der Waals surface area contributed by atoms with Crippen LogP contribution >= 0.6 is 23.1 Å². The molecule has 0 saturated carbocycles. The summed E-state index contributed by atoms with van der Waals surface area (Å²) < 4.78 is 0. The summed E-state index contributed by atoms with van der Waals surface area (Å²) in [6.45, 7) is 1.59. The number of nitrogens with zero attached hydrogens (tertiary/aromatic N) is 2. The monoisotopic (exact) mass is 551 g/mol. The van der Waals surface area contributed by atoms with Gasteiger partial charge >= 0.3 is 0 Å². The van der Waals surface area contributed by atoms with Crippen LogP contribution in [0.25, 0.3) is 0 Å². The molecule has 0 bridgehead atoms. The lowest BCUT2D eigenvalue weighted by atomic mass is 10.1. The van der Waals surface area contributed by atoms with E-state index in [2.05, 4.69) is 20.9 Å². The van der Waals surface area contributed by atoms with Crippen LogP contribution in [0.4, 0.5) is 16.5 Å². The van der Waals surface area contributed by atoms with Crippen LogP contribution in [-0.4, -0.2) is 51.7 Å². The second-order valence-corrected chi connectivity index (χ2v) is 10.2. The fraction of sp³-hybridized carbons (Fsp3) is 0.231. The molecule has 12 heteroatoms. The van der Waals surface area contributed by atoms with E-state index in [1.807, 2.05) is 5.38 Å². The van der Waals surface area contributed by atoms with Crippen molar-refractivity contribution in [3.8, 4) is 0 Å². The predicted molar refractivity (Wildman–Crippen MR) is 147 cm³/mol. The number of amides is 5. The number of rotatable bonds is 11. The molecule has 10 nitrogen and oxygen atoms in total.